The molecule has 2 heterocycles. The molecule has 3 rings (SSSR count). The Morgan fingerprint density at radius 1 is 1.33 bits per heavy atom. The van der Waals surface area contributed by atoms with Crippen molar-refractivity contribution in [3.63, 3.8) is 0 Å². The van der Waals surface area contributed by atoms with Crippen LogP contribution in [0.2, 0.25) is 0 Å². The highest BCUT2D eigenvalue weighted by molar-refractivity contribution is 7.89. The van der Waals surface area contributed by atoms with Crippen molar-refractivity contribution in [1.82, 2.24) is 14.7 Å². The molecule has 1 aromatic carbocycles. The van der Waals surface area contributed by atoms with E-state index in [1.807, 2.05) is 6.92 Å². The van der Waals surface area contributed by atoms with Crippen molar-refractivity contribution in [2.24, 2.45) is 0 Å². The van der Waals surface area contributed by atoms with Gasteiger partial charge in [0.05, 0.1) is 17.0 Å². The first-order chi connectivity index (χ1) is 11.5. The van der Waals surface area contributed by atoms with Gasteiger partial charge in [-0.05, 0) is 31.2 Å². The van der Waals surface area contributed by atoms with Crippen molar-refractivity contribution in [3.8, 4) is 5.88 Å². The summed E-state index contributed by atoms with van der Waals surface area (Å²) >= 11 is 0. The van der Waals surface area contributed by atoms with E-state index in [4.69, 9.17) is 9.15 Å². The van der Waals surface area contributed by atoms with E-state index >= 15 is 0 Å². The summed E-state index contributed by atoms with van der Waals surface area (Å²) in [7, 11) is -3.77. The summed E-state index contributed by atoms with van der Waals surface area (Å²) in [4.78, 5) is 17.7. The highest BCUT2D eigenvalue weighted by atomic mass is 32.2. The molecule has 0 aliphatic rings. The normalized spacial score (nSPS) is 11.7. The van der Waals surface area contributed by atoms with Gasteiger partial charge in [0.15, 0.2) is 5.58 Å². The lowest BCUT2D eigenvalue weighted by Crippen LogP contribution is -2.23. The highest BCUT2D eigenvalue weighted by Crippen LogP contribution is 2.18. The molecule has 3 aromatic rings. The number of pyridine rings is 1. The second-order valence-electron chi connectivity index (χ2n) is 4.90. The lowest BCUT2D eigenvalue weighted by Gasteiger charge is -2.10. The number of hydrogen-bond acceptors (Lipinski definition) is 6. The summed E-state index contributed by atoms with van der Waals surface area (Å²) in [6.45, 7) is 2.29. The molecule has 0 aliphatic heterocycles. The van der Waals surface area contributed by atoms with Crippen molar-refractivity contribution < 1.29 is 17.6 Å². The Kier molecular flexibility index (Phi) is 4.36. The van der Waals surface area contributed by atoms with E-state index in [9.17, 15) is 13.2 Å². The average Bonchev–Trinajstić information content (AvgIpc) is 2.93. The smallest absolute Gasteiger partial charge is 0.417 e. The van der Waals surface area contributed by atoms with Gasteiger partial charge in [-0.1, -0.05) is 6.07 Å². The quantitative estimate of drug-likeness (QED) is 0.695. The van der Waals surface area contributed by atoms with Crippen LogP contribution in [0.5, 0.6) is 5.88 Å². The van der Waals surface area contributed by atoms with Crippen LogP contribution in [0.15, 0.2) is 50.6 Å². The van der Waals surface area contributed by atoms with Gasteiger partial charge < -0.3 is 9.15 Å². The van der Waals surface area contributed by atoms with Crippen LogP contribution in [-0.4, -0.2) is 25.0 Å². The Hall–Kier alpha value is -2.65. The molecule has 0 unspecified atom stereocenters. The number of benzene rings is 1. The Balaban J connectivity index is 1.84. The molecular weight excluding hydrogens is 334 g/mol. The predicted molar refractivity (Wildman–Crippen MR) is 86.3 cm³/mol. The maximum absolute atomic E-state index is 12.4. The fraction of sp³-hybridized carbons (Fsp3) is 0.200. The number of rotatable bonds is 6. The number of aromatic nitrogens is 2. The average molecular weight is 349 g/mol. The maximum atomic E-state index is 12.4. The van der Waals surface area contributed by atoms with Gasteiger partial charge in [0.1, 0.15) is 0 Å². The largest absolute Gasteiger partial charge is 0.478 e. The number of hydrogen-bond donors (Lipinski definition) is 2. The number of oxazole rings is 1. The molecular formula is C15H15N3O5S. The zero-order valence-corrected chi connectivity index (χ0v) is 13.6. The number of ether oxygens (including phenoxy) is 1. The standard InChI is InChI=1S/C15H15N3O5S/c1-2-22-14-10(4-3-7-16-14)9-17-24(20,21)11-5-6-13-12(8-11)18-15(19)23-13/h3-8,17H,2,9H2,1H3,(H,18,19). The highest BCUT2D eigenvalue weighted by Gasteiger charge is 2.17. The lowest BCUT2D eigenvalue weighted by molar-refractivity contribution is 0.322. The van der Waals surface area contributed by atoms with Crippen molar-refractivity contribution in [2.45, 2.75) is 18.4 Å². The molecule has 0 saturated heterocycles. The Morgan fingerprint density at radius 3 is 2.96 bits per heavy atom. The fourth-order valence-electron chi connectivity index (χ4n) is 2.18. The number of fused-ring (bicyclic) bond motifs is 1. The Morgan fingerprint density at radius 2 is 2.17 bits per heavy atom. The summed E-state index contributed by atoms with van der Waals surface area (Å²) in [6, 6.07) is 7.58. The summed E-state index contributed by atoms with van der Waals surface area (Å²) < 4.78 is 37.6. The number of sulfonamides is 1. The van der Waals surface area contributed by atoms with E-state index in [-0.39, 0.29) is 11.4 Å². The first kappa shape index (κ1) is 16.2. The van der Waals surface area contributed by atoms with Crippen LogP contribution in [-0.2, 0) is 16.6 Å². The zero-order valence-electron chi connectivity index (χ0n) is 12.8. The molecule has 0 radical (unpaired) electrons. The van der Waals surface area contributed by atoms with E-state index in [0.29, 0.717) is 29.2 Å². The van der Waals surface area contributed by atoms with Crippen molar-refractivity contribution in [1.29, 1.82) is 0 Å². The second-order valence-corrected chi connectivity index (χ2v) is 6.66. The van der Waals surface area contributed by atoms with Gasteiger partial charge in [-0.2, -0.15) is 0 Å². The number of aromatic amines is 1. The molecule has 9 heteroatoms. The van der Waals surface area contributed by atoms with Crippen LogP contribution in [0.1, 0.15) is 12.5 Å². The summed E-state index contributed by atoms with van der Waals surface area (Å²) in [5.74, 6) is -0.249. The van der Waals surface area contributed by atoms with Gasteiger partial charge in [-0.25, -0.2) is 22.9 Å². The molecule has 0 aliphatic carbocycles. The van der Waals surface area contributed by atoms with Crippen molar-refractivity contribution in [3.05, 3.63) is 52.6 Å². The Bertz CT molecular complexity index is 1020. The van der Waals surface area contributed by atoms with Crippen molar-refractivity contribution in [2.75, 3.05) is 6.61 Å². The summed E-state index contributed by atoms with van der Waals surface area (Å²) in [5, 5.41) is 0. The Labute approximate surface area is 137 Å². The second kappa shape index (κ2) is 6.46. The molecule has 0 amide bonds. The maximum Gasteiger partial charge on any atom is 0.417 e. The first-order valence-electron chi connectivity index (χ1n) is 7.19. The lowest BCUT2D eigenvalue weighted by atomic mass is 10.3. The first-order valence-corrected chi connectivity index (χ1v) is 8.67. The van der Waals surface area contributed by atoms with E-state index in [2.05, 4.69) is 14.7 Å². The zero-order chi connectivity index (χ0) is 17.2. The van der Waals surface area contributed by atoms with Gasteiger partial charge in [-0.3, -0.25) is 4.98 Å². The third-order valence-corrected chi connectivity index (χ3v) is 4.68. The molecule has 0 atom stereocenters. The van der Waals surface area contributed by atoms with Crippen LogP contribution in [0.4, 0.5) is 0 Å². The van der Waals surface area contributed by atoms with Crippen LogP contribution in [0.25, 0.3) is 11.1 Å². The third-order valence-electron chi connectivity index (χ3n) is 3.28. The van der Waals surface area contributed by atoms with E-state index in [1.54, 1.807) is 18.3 Å². The van der Waals surface area contributed by atoms with Crippen LogP contribution in [0.3, 0.4) is 0 Å². The molecule has 0 fully saturated rings. The van der Waals surface area contributed by atoms with Gasteiger partial charge in [0.25, 0.3) is 0 Å². The SMILES string of the molecule is CCOc1ncccc1CNS(=O)(=O)c1ccc2oc(=O)[nH]c2c1. The van der Waals surface area contributed by atoms with Gasteiger partial charge in [0.2, 0.25) is 15.9 Å². The molecule has 126 valence electrons. The van der Waals surface area contributed by atoms with E-state index in [0.717, 1.165) is 0 Å². The number of nitrogens with one attached hydrogen (secondary N) is 2. The topological polar surface area (TPSA) is 114 Å². The van der Waals surface area contributed by atoms with Gasteiger partial charge in [-0.15, -0.1) is 0 Å². The molecule has 0 spiro atoms. The van der Waals surface area contributed by atoms with Crippen molar-refractivity contribution >= 4 is 21.1 Å². The number of H-pyrrole nitrogens is 1. The molecule has 0 saturated carbocycles. The molecule has 2 N–H and O–H groups in total. The molecule has 0 bridgehead atoms. The van der Waals surface area contributed by atoms with E-state index < -0.39 is 15.8 Å². The minimum absolute atomic E-state index is 0.0221. The van der Waals surface area contributed by atoms with E-state index in [1.165, 1.54) is 18.2 Å². The summed E-state index contributed by atoms with van der Waals surface area (Å²) in [5.41, 5.74) is 1.24. The summed E-state index contributed by atoms with van der Waals surface area (Å²) in [6.07, 6.45) is 1.58. The minimum atomic E-state index is -3.77. The third kappa shape index (κ3) is 3.31. The fourth-order valence-corrected chi connectivity index (χ4v) is 3.21. The van der Waals surface area contributed by atoms with Crippen LogP contribution >= 0.6 is 0 Å². The monoisotopic (exact) mass is 349 g/mol. The van der Waals surface area contributed by atoms with Crippen LogP contribution in [0, 0.1) is 0 Å². The number of nitrogens with zero attached hydrogens (tertiary/aromatic N) is 1. The molecule has 2 aromatic heterocycles. The van der Waals surface area contributed by atoms with Gasteiger partial charge in [0, 0.05) is 18.3 Å². The van der Waals surface area contributed by atoms with Crippen LogP contribution < -0.4 is 15.2 Å². The molecule has 8 nitrogen and oxygen atoms in total. The molecule has 24 heavy (non-hydrogen) atoms. The minimum Gasteiger partial charge on any atom is -0.478 e. The van der Waals surface area contributed by atoms with Gasteiger partial charge >= 0.3 is 5.76 Å². The predicted octanol–water partition coefficient (Wildman–Crippen LogP) is 1.39.